The van der Waals surface area contributed by atoms with Gasteiger partial charge in [0.1, 0.15) is 5.92 Å². The molecule has 1 N–H and O–H groups in total. The summed E-state index contributed by atoms with van der Waals surface area (Å²) in [6, 6.07) is 8.67. The van der Waals surface area contributed by atoms with Gasteiger partial charge in [-0.3, -0.25) is 4.79 Å². The lowest BCUT2D eigenvalue weighted by atomic mass is 9.77. The van der Waals surface area contributed by atoms with Crippen LogP contribution in [0, 0.1) is 17.2 Å². The fourth-order valence-corrected chi connectivity index (χ4v) is 2.56. The molecule has 0 spiro atoms. The van der Waals surface area contributed by atoms with E-state index in [1.807, 2.05) is 6.07 Å². The molecule has 0 aliphatic carbocycles. The molecule has 6 heteroatoms. The van der Waals surface area contributed by atoms with Crippen LogP contribution in [0.4, 0.5) is 0 Å². The molecular weight excluding hydrogens is 292 g/mol. The number of halogens is 1. The number of carbonyl (C=O) groups excluding carboxylic acids is 2. The summed E-state index contributed by atoms with van der Waals surface area (Å²) in [6.45, 7) is 1.61. The number of esters is 1. The van der Waals surface area contributed by atoms with E-state index < -0.39 is 23.7 Å². The van der Waals surface area contributed by atoms with Gasteiger partial charge in [-0.05, 0) is 24.6 Å². The molecule has 1 heterocycles. The second-order valence-corrected chi connectivity index (χ2v) is 5.09. The van der Waals surface area contributed by atoms with E-state index >= 15 is 0 Å². The van der Waals surface area contributed by atoms with Gasteiger partial charge in [-0.1, -0.05) is 23.7 Å². The first-order valence-corrected chi connectivity index (χ1v) is 6.62. The van der Waals surface area contributed by atoms with Crippen LogP contribution in [0.25, 0.3) is 0 Å². The zero-order valence-electron chi connectivity index (χ0n) is 11.5. The molecule has 2 unspecified atom stereocenters. The lowest BCUT2D eigenvalue weighted by Crippen LogP contribution is -2.41. The predicted molar refractivity (Wildman–Crippen MR) is 76.2 cm³/mol. The Morgan fingerprint density at radius 2 is 2.00 bits per heavy atom. The largest absolute Gasteiger partial charge is 0.466 e. The second kappa shape index (κ2) is 5.98. The third-order valence-electron chi connectivity index (χ3n) is 3.42. The summed E-state index contributed by atoms with van der Waals surface area (Å²) < 4.78 is 4.78. The molecule has 21 heavy (non-hydrogen) atoms. The van der Waals surface area contributed by atoms with Crippen molar-refractivity contribution in [3.8, 4) is 6.07 Å². The van der Waals surface area contributed by atoms with Gasteiger partial charge in [0.05, 0.1) is 18.8 Å². The summed E-state index contributed by atoms with van der Waals surface area (Å²) in [7, 11) is 1.26. The van der Waals surface area contributed by atoms with Crippen molar-refractivity contribution in [2.75, 3.05) is 7.11 Å². The zero-order chi connectivity index (χ0) is 15.6. The number of nitrogens with zero attached hydrogens (tertiary/aromatic N) is 1. The normalized spacial score (nSPS) is 21.5. The summed E-state index contributed by atoms with van der Waals surface area (Å²) >= 11 is 5.86. The number of hydrogen-bond donors (Lipinski definition) is 1. The highest BCUT2D eigenvalue weighted by Gasteiger charge is 2.41. The SMILES string of the molecule is COC(=O)C1=C(C)NC(=O)C(C#N)C1c1ccc(Cl)cc1. The van der Waals surface area contributed by atoms with Crippen molar-refractivity contribution in [3.05, 3.63) is 46.1 Å². The molecule has 0 saturated heterocycles. The van der Waals surface area contributed by atoms with Crippen molar-refractivity contribution >= 4 is 23.5 Å². The summed E-state index contributed by atoms with van der Waals surface area (Å²) in [5, 5.41) is 12.4. The maximum atomic E-state index is 12.0. The van der Waals surface area contributed by atoms with Crippen molar-refractivity contribution in [1.82, 2.24) is 5.32 Å². The van der Waals surface area contributed by atoms with E-state index in [-0.39, 0.29) is 5.57 Å². The number of ether oxygens (including phenoxy) is 1. The Balaban J connectivity index is 2.61. The highest BCUT2D eigenvalue weighted by atomic mass is 35.5. The Bertz CT molecular complexity index is 658. The standard InChI is InChI=1S/C15H13ClN2O3/c1-8-12(15(20)21-2)13(11(7-17)14(19)18-8)9-3-5-10(16)6-4-9/h3-6,11,13H,1-2H3,(H,18,19). The molecule has 1 aromatic rings. The van der Waals surface area contributed by atoms with Gasteiger partial charge in [0.15, 0.2) is 0 Å². The van der Waals surface area contributed by atoms with Crippen LogP contribution in [0.3, 0.4) is 0 Å². The fourth-order valence-electron chi connectivity index (χ4n) is 2.43. The summed E-state index contributed by atoms with van der Waals surface area (Å²) in [5.41, 5.74) is 1.35. The molecule has 108 valence electrons. The lowest BCUT2D eigenvalue weighted by Gasteiger charge is -2.29. The van der Waals surface area contributed by atoms with Crippen LogP contribution in [0.1, 0.15) is 18.4 Å². The Morgan fingerprint density at radius 3 is 2.52 bits per heavy atom. The van der Waals surface area contributed by atoms with Crippen LogP contribution in [0.5, 0.6) is 0 Å². The second-order valence-electron chi connectivity index (χ2n) is 4.66. The quantitative estimate of drug-likeness (QED) is 0.849. The van der Waals surface area contributed by atoms with Crippen LogP contribution in [0.15, 0.2) is 35.5 Å². The van der Waals surface area contributed by atoms with Gasteiger partial charge in [0, 0.05) is 16.6 Å². The van der Waals surface area contributed by atoms with Gasteiger partial charge in [-0.2, -0.15) is 5.26 Å². The van der Waals surface area contributed by atoms with Crippen LogP contribution in [-0.4, -0.2) is 19.0 Å². The fraction of sp³-hybridized carbons (Fsp3) is 0.267. The first-order chi connectivity index (χ1) is 9.99. The van der Waals surface area contributed by atoms with Gasteiger partial charge in [-0.25, -0.2) is 4.79 Å². The molecule has 0 saturated carbocycles. The van der Waals surface area contributed by atoms with E-state index in [0.717, 1.165) is 0 Å². The number of hydrogen-bond acceptors (Lipinski definition) is 4. The van der Waals surface area contributed by atoms with Crippen LogP contribution in [-0.2, 0) is 14.3 Å². The van der Waals surface area contributed by atoms with Crippen molar-refractivity contribution < 1.29 is 14.3 Å². The maximum absolute atomic E-state index is 12.0. The minimum absolute atomic E-state index is 0.283. The minimum Gasteiger partial charge on any atom is -0.466 e. The van der Waals surface area contributed by atoms with Crippen molar-refractivity contribution in [3.63, 3.8) is 0 Å². The Hall–Kier alpha value is -2.32. The molecule has 1 aliphatic heterocycles. The molecule has 1 aliphatic rings. The Labute approximate surface area is 127 Å². The number of nitrogens with one attached hydrogen (secondary N) is 1. The van der Waals surface area contributed by atoms with E-state index in [9.17, 15) is 14.9 Å². The molecule has 1 aromatic carbocycles. The average molecular weight is 305 g/mol. The Kier molecular flexibility index (Phi) is 4.29. The summed E-state index contributed by atoms with van der Waals surface area (Å²) in [6.07, 6.45) is 0. The predicted octanol–water partition coefficient (Wildman–Crippen LogP) is 2.14. The van der Waals surface area contributed by atoms with Gasteiger partial charge >= 0.3 is 5.97 Å². The monoisotopic (exact) mass is 304 g/mol. The first kappa shape index (κ1) is 15.1. The first-order valence-electron chi connectivity index (χ1n) is 6.24. The van der Waals surface area contributed by atoms with Gasteiger partial charge < -0.3 is 10.1 Å². The number of nitriles is 1. The number of methoxy groups -OCH3 is 1. The van der Waals surface area contributed by atoms with Crippen LogP contribution in [0.2, 0.25) is 5.02 Å². The third-order valence-corrected chi connectivity index (χ3v) is 3.67. The lowest BCUT2D eigenvalue weighted by molar-refractivity contribution is -0.137. The topological polar surface area (TPSA) is 79.2 Å². The highest BCUT2D eigenvalue weighted by molar-refractivity contribution is 6.30. The van der Waals surface area contributed by atoms with E-state index in [2.05, 4.69) is 5.32 Å². The number of benzene rings is 1. The molecule has 5 nitrogen and oxygen atoms in total. The summed E-state index contributed by atoms with van der Waals surface area (Å²) in [4.78, 5) is 24.0. The third kappa shape index (κ3) is 2.76. The minimum atomic E-state index is -0.996. The maximum Gasteiger partial charge on any atom is 0.336 e. The molecule has 0 bridgehead atoms. The van der Waals surface area contributed by atoms with Crippen molar-refractivity contribution in [1.29, 1.82) is 5.26 Å². The molecular formula is C15H13ClN2O3. The average Bonchev–Trinajstić information content (AvgIpc) is 2.46. The highest BCUT2D eigenvalue weighted by Crippen LogP contribution is 2.37. The zero-order valence-corrected chi connectivity index (χ0v) is 12.3. The molecule has 0 fully saturated rings. The molecule has 1 amide bonds. The Morgan fingerprint density at radius 1 is 1.38 bits per heavy atom. The van der Waals surface area contributed by atoms with E-state index in [1.54, 1.807) is 31.2 Å². The number of rotatable bonds is 2. The molecule has 0 radical (unpaired) electrons. The number of carbonyl (C=O) groups is 2. The summed E-state index contributed by atoms with van der Waals surface area (Å²) in [5.74, 6) is -2.66. The van der Waals surface area contributed by atoms with Crippen LogP contribution < -0.4 is 5.32 Å². The van der Waals surface area contributed by atoms with Crippen molar-refractivity contribution in [2.24, 2.45) is 5.92 Å². The molecule has 2 atom stereocenters. The molecule has 2 rings (SSSR count). The smallest absolute Gasteiger partial charge is 0.336 e. The van der Waals surface area contributed by atoms with Gasteiger partial charge in [0.2, 0.25) is 5.91 Å². The van der Waals surface area contributed by atoms with Gasteiger partial charge in [0.25, 0.3) is 0 Å². The molecule has 0 aromatic heterocycles. The number of allylic oxidation sites excluding steroid dienone is 1. The van der Waals surface area contributed by atoms with E-state index in [0.29, 0.717) is 16.3 Å². The van der Waals surface area contributed by atoms with Crippen molar-refractivity contribution in [2.45, 2.75) is 12.8 Å². The van der Waals surface area contributed by atoms with Gasteiger partial charge in [-0.15, -0.1) is 0 Å². The van der Waals surface area contributed by atoms with E-state index in [1.165, 1.54) is 7.11 Å². The van der Waals surface area contributed by atoms with Crippen LogP contribution >= 0.6 is 11.6 Å². The number of amides is 1. The van der Waals surface area contributed by atoms with E-state index in [4.69, 9.17) is 16.3 Å².